The van der Waals surface area contributed by atoms with Crippen molar-refractivity contribution in [2.24, 2.45) is 4.99 Å². The molecule has 1 aliphatic carbocycles. The first-order valence-electron chi connectivity index (χ1n) is 7.31. The summed E-state index contributed by atoms with van der Waals surface area (Å²) >= 11 is 0. The van der Waals surface area contributed by atoms with Gasteiger partial charge in [-0.1, -0.05) is 12.8 Å². The molecule has 1 aromatic rings. The van der Waals surface area contributed by atoms with E-state index >= 15 is 0 Å². The molecule has 0 atom stereocenters. The van der Waals surface area contributed by atoms with Crippen LogP contribution in [0, 0.1) is 0 Å². The molecule has 2 rings (SSSR count). The molecule has 1 aliphatic rings. The Morgan fingerprint density at radius 3 is 2.71 bits per heavy atom. The fourth-order valence-corrected chi connectivity index (χ4v) is 2.32. The number of aromatic nitrogens is 2. The predicted octanol–water partition coefficient (Wildman–Crippen LogP) is 0.314. The summed E-state index contributed by atoms with van der Waals surface area (Å²) in [5.74, 6) is 0.569. The molecule has 0 aliphatic heterocycles. The molecule has 1 amide bonds. The van der Waals surface area contributed by atoms with Gasteiger partial charge in [0, 0.05) is 38.6 Å². The fourth-order valence-electron chi connectivity index (χ4n) is 2.32. The minimum atomic E-state index is -0.219. The Morgan fingerprint density at radius 1 is 1.29 bits per heavy atom. The van der Waals surface area contributed by atoms with Crippen molar-refractivity contribution < 1.29 is 4.79 Å². The van der Waals surface area contributed by atoms with Crippen LogP contribution in [0.4, 0.5) is 0 Å². The number of guanidine groups is 1. The van der Waals surface area contributed by atoms with Gasteiger partial charge < -0.3 is 16.0 Å². The average molecular weight is 290 g/mol. The second kappa shape index (κ2) is 8.18. The van der Waals surface area contributed by atoms with E-state index in [0.717, 1.165) is 5.96 Å². The minimum absolute atomic E-state index is 0.219. The van der Waals surface area contributed by atoms with E-state index in [4.69, 9.17) is 0 Å². The maximum atomic E-state index is 11.8. The molecule has 3 N–H and O–H groups in total. The summed E-state index contributed by atoms with van der Waals surface area (Å²) in [5, 5.41) is 9.37. The molecule has 1 heterocycles. The summed E-state index contributed by atoms with van der Waals surface area (Å²) in [6.45, 7) is 1.11. The van der Waals surface area contributed by atoms with Gasteiger partial charge in [0.1, 0.15) is 5.69 Å². The van der Waals surface area contributed by atoms with Crippen molar-refractivity contribution in [3.8, 4) is 0 Å². The molecule has 7 heteroatoms. The van der Waals surface area contributed by atoms with Crippen LogP contribution in [0.25, 0.3) is 0 Å². The number of hydrogen-bond acceptors (Lipinski definition) is 4. The van der Waals surface area contributed by atoms with Gasteiger partial charge in [-0.3, -0.25) is 14.8 Å². The minimum Gasteiger partial charge on any atom is -0.355 e. The molecule has 0 bridgehead atoms. The van der Waals surface area contributed by atoms with Crippen LogP contribution in [0.1, 0.15) is 36.2 Å². The third-order valence-electron chi connectivity index (χ3n) is 3.42. The zero-order valence-corrected chi connectivity index (χ0v) is 12.3. The molecular weight excluding hydrogens is 268 g/mol. The maximum absolute atomic E-state index is 11.8. The van der Waals surface area contributed by atoms with E-state index in [0.29, 0.717) is 24.8 Å². The van der Waals surface area contributed by atoms with Gasteiger partial charge in [0.2, 0.25) is 0 Å². The average Bonchev–Trinajstić information content (AvgIpc) is 3.04. The number of amides is 1. The number of hydrogen-bond donors (Lipinski definition) is 3. The third-order valence-corrected chi connectivity index (χ3v) is 3.42. The third kappa shape index (κ3) is 5.02. The topological polar surface area (TPSA) is 91.3 Å². The largest absolute Gasteiger partial charge is 0.355 e. The van der Waals surface area contributed by atoms with Crippen molar-refractivity contribution in [1.82, 2.24) is 25.9 Å². The van der Waals surface area contributed by atoms with Gasteiger partial charge in [-0.2, -0.15) is 0 Å². The molecule has 7 nitrogen and oxygen atoms in total. The molecule has 0 saturated heterocycles. The molecule has 1 aromatic heterocycles. The van der Waals surface area contributed by atoms with Gasteiger partial charge in [0.15, 0.2) is 5.96 Å². The van der Waals surface area contributed by atoms with Crippen LogP contribution in [0.3, 0.4) is 0 Å². The van der Waals surface area contributed by atoms with Crippen molar-refractivity contribution >= 4 is 11.9 Å². The molecular formula is C14H22N6O. The van der Waals surface area contributed by atoms with E-state index in [1.54, 1.807) is 7.05 Å². The molecule has 0 unspecified atom stereocenters. The first-order valence-corrected chi connectivity index (χ1v) is 7.31. The number of carbonyl (C=O) groups excluding carboxylic acids is 1. The van der Waals surface area contributed by atoms with Crippen LogP contribution >= 0.6 is 0 Å². The molecule has 114 valence electrons. The van der Waals surface area contributed by atoms with Gasteiger partial charge in [0.25, 0.3) is 5.91 Å². The molecule has 0 spiro atoms. The summed E-state index contributed by atoms with van der Waals surface area (Å²) < 4.78 is 0. The number of carbonyl (C=O) groups is 1. The van der Waals surface area contributed by atoms with Gasteiger partial charge >= 0.3 is 0 Å². The summed E-state index contributed by atoms with van der Waals surface area (Å²) in [6, 6.07) is 0.519. The van der Waals surface area contributed by atoms with Crippen molar-refractivity contribution in [1.29, 1.82) is 0 Å². The summed E-state index contributed by atoms with van der Waals surface area (Å²) in [5.41, 5.74) is 0.325. The zero-order chi connectivity index (χ0) is 14.9. The van der Waals surface area contributed by atoms with Gasteiger partial charge in [-0.25, -0.2) is 4.98 Å². The molecule has 1 fully saturated rings. The normalized spacial score (nSPS) is 15.8. The zero-order valence-electron chi connectivity index (χ0n) is 12.3. The van der Waals surface area contributed by atoms with Crippen LogP contribution in [0.5, 0.6) is 0 Å². The summed E-state index contributed by atoms with van der Waals surface area (Å²) in [4.78, 5) is 23.7. The van der Waals surface area contributed by atoms with Crippen molar-refractivity contribution in [3.05, 3.63) is 24.3 Å². The van der Waals surface area contributed by atoms with Crippen molar-refractivity contribution in [2.45, 2.75) is 31.7 Å². The lowest BCUT2D eigenvalue weighted by atomic mass is 10.2. The van der Waals surface area contributed by atoms with Crippen LogP contribution in [0.15, 0.2) is 23.6 Å². The van der Waals surface area contributed by atoms with Gasteiger partial charge in [-0.05, 0) is 12.8 Å². The Morgan fingerprint density at radius 2 is 2.05 bits per heavy atom. The maximum Gasteiger partial charge on any atom is 0.271 e. The number of nitrogens with one attached hydrogen (secondary N) is 3. The van der Waals surface area contributed by atoms with E-state index in [1.165, 1.54) is 44.3 Å². The van der Waals surface area contributed by atoms with Crippen molar-refractivity contribution in [3.63, 3.8) is 0 Å². The van der Waals surface area contributed by atoms with Crippen molar-refractivity contribution in [2.75, 3.05) is 20.1 Å². The Kier molecular flexibility index (Phi) is 5.93. The Balaban J connectivity index is 1.65. The van der Waals surface area contributed by atoms with E-state index in [9.17, 15) is 4.79 Å². The molecule has 1 saturated carbocycles. The molecule has 0 radical (unpaired) electrons. The van der Waals surface area contributed by atoms with E-state index in [-0.39, 0.29) is 5.91 Å². The van der Waals surface area contributed by atoms with Gasteiger partial charge in [-0.15, -0.1) is 0 Å². The standard InChI is InChI=1S/C14H22N6O/c1-15-14(20-11-4-2-3-5-11)19-9-8-18-13(21)12-10-16-6-7-17-12/h6-7,10-11H,2-5,8-9H2,1H3,(H,18,21)(H2,15,19,20). The first kappa shape index (κ1) is 15.2. The predicted molar refractivity (Wildman–Crippen MR) is 81.1 cm³/mol. The molecule has 0 aromatic carbocycles. The lowest BCUT2D eigenvalue weighted by Crippen LogP contribution is -2.45. The van der Waals surface area contributed by atoms with E-state index in [2.05, 4.69) is 30.9 Å². The SMILES string of the molecule is CN=C(NCCNC(=O)c1cnccn1)NC1CCCC1. The second-order valence-electron chi connectivity index (χ2n) is 4.97. The van der Waals surface area contributed by atoms with Crippen LogP contribution in [-0.2, 0) is 0 Å². The summed E-state index contributed by atoms with van der Waals surface area (Å²) in [7, 11) is 1.75. The van der Waals surface area contributed by atoms with Gasteiger partial charge in [0.05, 0.1) is 6.20 Å². The highest BCUT2D eigenvalue weighted by atomic mass is 16.1. The number of aliphatic imine (C=N–C) groups is 1. The highest BCUT2D eigenvalue weighted by Crippen LogP contribution is 2.17. The van der Waals surface area contributed by atoms with Crippen LogP contribution in [0.2, 0.25) is 0 Å². The lowest BCUT2D eigenvalue weighted by Gasteiger charge is -2.16. The fraction of sp³-hybridized carbons (Fsp3) is 0.571. The van der Waals surface area contributed by atoms with E-state index < -0.39 is 0 Å². The second-order valence-corrected chi connectivity index (χ2v) is 4.97. The Bertz CT molecular complexity index is 470. The number of rotatable bonds is 5. The van der Waals surface area contributed by atoms with Crippen LogP contribution < -0.4 is 16.0 Å². The monoisotopic (exact) mass is 290 g/mol. The Hall–Kier alpha value is -2.18. The quantitative estimate of drug-likeness (QED) is 0.412. The van der Waals surface area contributed by atoms with E-state index in [1.807, 2.05) is 0 Å². The lowest BCUT2D eigenvalue weighted by molar-refractivity contribution is 0.0949. The summed E-state index contributed by atoms with van der Waals surface area (Å²) in [6.07, 6.45) is 9.45. The Labute approximate surface area is 124 Å². The van der Waals surface area contributed by atoms with Crippen LogP contribution in [-0.4, -0.2) is 48.0 Å². The first-order chi connectivity index (χ1) is 10.3. The highest BCUT2D eigenvalue weighted by molar-refractivity contribution is 5.91. The smallest absolute Gasteiger partial charge is 0.271 e. The highest BCUT2D eigenvalue weighted by Gasteiger charge is 2.15. The number of nitrogens with zero attached hydrogens (tertiary/aromatic N) is 3. The molecule has 21 heavy (non-hydrogen) atoms.